The van der Waals surface area contributed by atoms with E-state index in [4.69, 9.17) is 0 Å². The summed E-state index contributed by atoms with van der Waals surface area (Å²) in [5.74, 6) is -0.0630. The number of amides is 1. The Morgan fingerprint density at radius 2 is 2.18 bits per heavy atom. The smallest absolute Gasteiger partial charge is 0.249 e. The van der Waals surface area contributed by atoms with Crippen molar-refractivity contribution in [3.05, 3.63) is 54.4 Å². The standard InChI is InChI=1S/C16H20N4O2/c21-14-11-17-9-13(14)10-18-16(22)15(20-8-4-7-19-20)12-5-2-1-3-6-12/h1-8,13-15,17,21H,9-11H2,(H,18,22). The molecule has 1 saturated heterocycles. The molecule has 3 unspecified atom stereocenters. The molecule has 6 heteroatoms. The van der Waals surface area contributed by atoms with E-state index in [0.29, 0.717) is 13.1 Å². The lowest BCUT2D eigenvalue weighted by atomic mass is 10.0. The zero-order chi connectivity index (χ0) is 15.4. The number of carbonyl (C=O) groups excluding carboxylic acids is 1. The molecule has 0 aliphatic carbocycles. The van der Waals surface area contributed by atoms with Crippen LogP contribution in [0.4, 0.5) is 0 Å². The molecule has 22 heavy (non-hydrogen) atoms. The monoisotopic (exact) mass is 300 g/mol. The topological polar surface area (TPSA) is 79.2 Å². The van der Waals surface area contributed by atoms with Gasteiger partial charge in [-0.3, -0.25) is 9.48 Å². The maximum atomic E-state index is 12.6. The van der Waals surface area contributed by atoms with Crippen LogP contribution in [0.1, 0.15) is 11.6 Å². The zero-order valence-electron chi connectivity index (χ0n) is 12.2. The van der Waals surface area contributed by atoms with Crippen LogP contribution in [0.15, 0.2) is 48.8 Å². The fourth-order valence-corrected chi connectivity index (χ4v) is 2.75. The number of β-amino-alcohol motifs (C(OH)–C–C–N with tert-alkyl or cyclic N) is 1. The normalized spacial score (nSPS) is 22.4. The van der Waals surface area contributed by atoms with E-state index < -0.39 is 12.1 Å². The highest BCUT2D eigenvalue weighted by atomic mass is 16.3. The molecule has 1 aromatic heterocycles. The molecular weight excluding hydrogens is 280 g/mol. The molecule has 2 aromatic rings. The summed E-state index contributed by atoms with van der Waals surface area (Å²) in [5, 5.41) is 20.1. The van der Waals surface area contributed by atoms with Gasteiger partial charge in [0.1, 0.15) is 0 Å². The third kappa shape index (κ3) is 3.18. The van der Waals surface area contributed by atoms with Gasteiger partial charge in [-0.15, -0.1) is 0 Å². The third-order valence-electron chi connectivity index (χ3n) is 4.00. The summed E-state index contributed by atoms with van der Waals surface area (Å²) in [4.78, 5) is 12.6. The molecule has 3 N–H and O–H groups in total. The van der Waals surface area contributed by atoms with Crippen molar-refractivity contribution < 1.29 is 9.90 Å². The van der Waals surface area contributed by atoms with Gasteiger partial charge >= 0.3 is 0 Å². The largest absolute Gasteiger partial charge is 0.391 e. The van der Waals surface area contributed by atoms with Gasteiger partial charge in [0.15, 0.2) is 6.04 Å². The number of aromatic nitrogens is 2. The molecule has 1 fully saturated rings. The number of nitrogens with one attached hydrogen (secondary N) is 2. The Bertz CT molecular complexity index is 600. The van der Waals surface area contributed by atoms with Crippen molar-refractivity contribution in [2.45, 2.75) is 12.1 Å². The van der Waals surface area contributed by atoms with Crippen LogP contribution >= 0.6 is 0 Å². The van der Waals surface area contributed by atoms with Gasteiger partial charge in [0.2, 0.25) is 5.91 Å². The molecule has 1 aromatic carbocycles. The summed E-state index contributed by atoms with van der Waals surface area (Å²) in [6.07, 6.45) is 3.04. The van der Waals surface area contributed by atoms with Gasteiger partial charge in [0.05, 0.1) is 6.10 Å². The van der Waals surface area contributed by atoms with Crippen LogP contribution in [0.3, 0.4) is 0 Å². The van der Waals surface area contributed by atoms with Gasteiger partial charge in [-0.1, -0.05) is 30.3 Å². The van der Waals surface area contributed by atoms with E-state index >= 15 is 0 Å². The molecule has 3 atom stereocenters. The average Bonchev–Trinajstić information content (AvgIpc) is 3.19. The summed E-state index contributed by atoms with van der Waals surface area (Å²) in [6, 6.07) is 10.9. The second kappa shape index (κ2) is 6.72. The summed E-state index contributed by atoms with van der Waals surface area (Å²) in [5.41, 5.74) is 0.883. The second-order valence-corrected chi connectivity index (χ2v) is 5.53. The lowest BCUT2D eigenvalue weighted by Gasteiger charge is -2.20. The number of benzene rings is 1. The number of aliphatic hydroxyl groups is 1. The van der Waals surface area contributed by atoms with E-state index in [0.717, 1.165) is 12.1 Å². The Morgan fingerprint density at radius 3 is 2.82 bits per heavy atom. The first kappa shape index (κ1) is 14.7. The molecule has 0 bridgehead atoms. The van der Waals surface area contributed by atoms with Gasteiger partial charge in [-0.05, 0) is 11.6 Å². The molecule has 1 amide bonds. The minimum Gasteiger partial charge on any atom is -0.391 e. The molecule has 3 rings (SSSR count). The predicted molar refractivity (Wildman–Crippen MR) is 82.2 cm³/mol. The molecular formula is C16H20N4O2. The Morgan fingerprint density at radius 1 is 1.36 bits per heavy atom. The lowest BCUT2D eigenvalue weighted by Crippen LogP contribution is -2.39. The molecule has 116 valence electrons. The zero-order valence-corrected chi connectivity index (χ0v) is 12.2. The van der Waals surface area contributed by atoms with Crippen LogP contribution in [0.5, 0.6) is 0 Å². The Kier molecular flexibility index (Phi) is 4.50. The van der Waals surface area contributed by atoms with E-state index in [1.807, 2.05) is 30.3 Å². The van der Waals surface area contributed by atoms with Crippen molar-refractivity contribution >= 4 is 5.91 Å². The maximum Gasteiger partial charge on any atom is 0.249 e. The Balaban J connectivity index is 1.73. The number of aliphatic hydroxyl groups excluding tert-OH is 1. The second-order valence-electron chi connectivity index (χ2n) is 5.53. The van der Waals surface area contributed by atoms with Crippen LogP contribution in [0.25, 0.3) is 0 Å². The number of nitrogens with zero attached hydrogens (tertiary/aromatic N) is 2. The van der Waals surface area contributed by atoms with Gasteiger partial charge in [-0.25, -0.2) is 0 Å². The highest BCUT2D eigenvalue weighted by Crippen LogP contribution is 2.18. The highest BCUT2D eigenvalue weighted by molar-refractivity contribution is 5.83. The highest BCUT2D eigenvalue weighted by Gasteiger charge is 2.28. The molecule has 0 saturated carbocycles. The number of hydrogen-bond acceptors (Lipinski definition) is 4. The van der Waals surface area contributed by atoms with E-state index in [1.165, 1.54) is 0 Å². The van der Waals surface area contributed by atoms with Crippen molar-refractivity contribution in [2.75, 3.05) is 19.6 Å². The van der Waals surface area contributed by atoms with Crippen molar-refractivity contribution in [1.29, 1.82) is 0 Å². The summed E-state index contributed by atoms with van der Waals surface area (Å²) in [7, 11) is 0. The molecule has 2 heterocycles. The Hall–Kier alpha value is -2.18. The van der Waals surface area contributed by atoms with Gasteiger partial charge in [-0.2, -0.15) is 5.10 Å². The number of rotatable bonds is 5. The van der Waals surface area contributed by atoms with Crippen LogP contribution in [-0.2, 0) is 4.79 Å². The van der Waals surface area contributed by atoms with E-state index in [1.54, 1.807) is 23.1 Å². The fourth-order valence-electron chi connectivity index (χ4n) is 2.75. The van der Waals surface area contributed by atoms with Crippen molar-refractivity contribution in [2.24, 2.45) is 5.92 Å². The molecule has 0 spiro atoms. The Labute approximate surface area is 129 Å². The first-order valence-corrected chi connectivity index (χ1v) is 7.46. The number of carbonyl (C=O) groups is 1. The van der Waals surface area contributed by atoms with Crippen molar-refractivity contribution in [3.63, 3.8) is 0 Å². The average molecular weight is 300 g/mol. The summed E-state index contributed by atoms with van der Waals surface area (Å²) < 4.78 is 1.65. The van der Waals surface area contributed by atoms with E-state index in [-0.39, 0.29) is 11.8 Å². The van der Waals surface area contributed by atoms with Gasteiger partial charge < -0.3 is 15.7 Å². The molecule has 0 radical (unpaired) electrons. The lowest BCUT2D eigenvalue weighted by molar-refractivity contribution is -0.123. The first-order valence-electron chi connectivity index (χ1n) is 7.46. The van der Waals surface area contributed by atoms with Gasteiger partial charge in [0.25, 0.3) is 0 Å². The van der Waals surface area contributed by atoms with Crippen molar-refractivity contribution in [1.82, 2.24) is 20.4 Å². The van der Waals surface area contributed by atoms with Crippen molar-refractivity contribution in [3.8, 4) is 0 Å². The van der Waals surface area contributed by atoms with E-state index in [9.17, 15) is 9.90 Å². The minimum absolute atomic E-state index is 0.0537. The number of hydrogen-bond donors (Lipinski definition) is 3. The molecule has 1 aliphatic rings. The van der Waals surface area contributed by atoms with Crippen LogP contribution in [-0.4, -0.2) is 46.5 Å². The maximum absolute atomic E-state index is 12.6. The van der Waals surface area contributed by atoms with E-state index in [2.05, 4.69) is 15.7 Å². The minimum atomic E-state index is -0.497. The SMILES string of the molecule is O=C(NCC1CNCC1O)C(c1ccccc1)n1cccn1. The molecule has 1 aliphatic heterocycles. The van der Waals surface area contributed by atoms with Crippen LogP contribution in [0, 0.1) is 5.92 Å². The quantitative estimate of drug-likeness (QED) is 0.735. The first-order chi connectivity index (χ1) is 10.8. The van der Waals surface area contributed by atoms with Crippen LogP contribution < -0.4 is 10.6 Å². The third-order valence-corrected chi connectivity index (χ3v) is 4.00. The summed E-state index contributed by atoms with van der Waals surface area (Å²) >= 11 is 0. The fraction of sp³-hybridized carbons (Fsp3) is 0.375. The predicted octanol–water partition coefficient (Wildman–Crippen LogP) is 0.169. The molecule has 6 nitrogen and oxygen atoms in total. The van der Waals surface area contributed by atoms with Crippen LogP contribution in [0.2, 0.25) is 0 Å². The summed E-state index contributed by atoms with van der Waals surface area (Å²) in [6.45, 7) is 1.76. The van der Waals surface area contributed by atoms with Gasteiger partial charge in [0, 0.05) is 37.9 Å².